The highest BCUT2D eigenvalue weighted by Gasteiger charge is 2.35. The summed E-state index contributed by atoms with van der Waals surface area (Å²) >= 11 is 0. The first-order valence-electron chi connectivity index (χ1n) is 7.68. The molecular weight excluding hydrogens is 383 g/mol. The summed E-state index contributed by atoms with van der Waals surface area (Å²) in [6.45, 7) is 1.48. The lowest BCUT2D eigenvalue weighted by molar-refractivity contribution is -0.139. The minimum absolute atomic E-state index is 0.0350. The summed E-state index contributed by atoms with van der Waals surface area (Å²) < 4.78 is 68.4. The fourth-order valence-electron chi connectivity index (χ4n) is 2.27. The second-order valence-corrected chi connectivity index (χ2v) is 7.75. The maximum atomic E-state index is 13.2. The Balaban J connectivity index is 2.38. The van der Waals surface area contributed by atoms with E-state index in [1.54, 1.807) is 6.07 Å². The zero-order valence-electron chi connectivity index (χ0n) is 14.0. The molecule has 0 aliphatic rings. The molecule has 0 saturated carbocycles. The van der Waals surface area contributed by atoms with Gasteiger partial charge in [-0.15, -0.1) is 0 Å². The first-order valence-corrected chi connectivity index (χ1v) is 9.33. The predicted molar refractivity (Wildman–Crippen MR) is 89.8 cm³/mol. The van der Waals surface area contributed by atoms with Gasteiger partial charge in [-0.3, -0.25) is 4.79 Å². The lowest BCUT2D eigenvalue weighted by Crippen LogP contribution is -2.14. The van der Waals surface area contributed by atoms with Gasteiger partial charge in [0.1, 0.15) is 5.75 Å². The van der Waals surface area contributed by atoms with E-state index in [-0.39, 0.29) is 21.8 Å². The van der Waals surface area contributed by atoms with E-state index in [2.05, 4.69) is 0 Å². The summed E-state index contributed by atoms with van der Waals surface area (Å²) in [5, 5.41) is 8.77. The number of ether oxygens (including phenoxy) is 1. The number of hydrogen-bond acceptors (Lipinski definition) is 5. The van der Waals surface area contributed by atoms with Gasteiger partial charge in [0.25, 0.3) is 0 Å². The summed E-state index contributed by atoms with van der Waals surface area (Å²) in [6.07, 6.45) is -5.85. The van der Waals surface area contributed by atoms with Crippen LogP contribution in [0.5, 0.6) is 5.75 Å². The van der Waals surface area contributed by atoms with Crippen molar-refractivity contribution in [2.45, 2.75) is 24.1 Å². The van der Waals surface area contributed by atoms with E-state index in [4.69, 9.17) is 10.00 Å². The normalized spacial score (nSPS) is 12.9. The lowest BCUT2D eigenvalue weighted by Gasteiger charge is -2.18. The van der Waals surface area contributed by atoms with Gasteiger partial charge in [-0.2, -0.15) is 18.4 Å². The Labute approximate surface area is 153 Å². The molecule has 2 aromatic carbocycles. The van der Waals surface area contributed by atoms with Crippen LogP contribution in [-0.2, 0) is 20.8 Å². The van der Waals surface area contributed by atoms with Gasteiger partial charge in [-0.1, -0.05) is 19.1 Å². The Kier molecular flexibility index (Phi) is 5.91. The molecule has 0 amide bonds. The Morgan fingerprint density at radius 3 is 2.30 bits per heavy atom. The van der Waals surface area contributed by atoms with E-state index in [9.17, 15) is 26.4 Å². The van der Waals surface area contributed by atoms with E-state index in [0.717, 1.165) is 12.1 Å². The van der Waals surface area contributed by atoms with Gasteiger partial charge in [0.2, 0.25) is 0 Å². The van der Waals surface area contributed by atoms with E-state index < -0.39 is 33.4 Å². The smallest absolute Gasteiger partial charge is 0.420 e. The Morgan fingerprint density at radius 2 is 1.81 bits per heavy atom. The maximum absolute atomic E-state index is 13.2. The van der Waals surface area contributed by atoms with Crippen molar-refractivity contribution < 1.29 is 31.1 Å². The third-order valence-corrected chi connectivity index (χ3v) is 5.49. The van der Waals surface area contributed by atoms with E-state index in [0.29, 0.717) is 12.4 Å². The molecule has 0 fully saturated rings. The molecule has 2 aromatic rings. The topological polar surface area (TPSA) is 84.2 Å². The summed E-state index contributed by atoms with van der Waals surface area (Å²) in [6, 6.07) is 9.48. The summed E-state index contributed by atoms with van der Waals surface area (Å²) in [5.41, 5.74) is -1.19. The first kappa shape index (κ1) is 20.5. The van der Waals surface area contributed by atoms with Gasteiger partial charge < -0.3 is 4.74 Å². The van der Waals surface area contributed by atoms with Crippen LogP contribution in [0.15, 0.2) is 47.4 Å². The molecule has 0 saturated heterocycles. The van der Waals surface area contributed by atoms with Crippen molar-refractivity contribution >= 4 is 16.1 Å². The van der Waals surface area contributed by atoms with Crippen LogP contribution in [0.25, 0.3) is 0 Å². The highest BCUT2D eigenvalue weighted by atomic mass is 32.2. The average molecular weight is 397 g/mol. The molecular formula is C18H14F3NO4S. The standard InChI is InChI=1S/C18H14F3NO4S/c1-2-27(24,25)14-6-4-13(5-7-14)17(11-23)26-16-8-3-12(10-22)9-15(16)18(19,20)21/h3-9,11,17H,2H2,1H3. The molecule has 0 N–H and O–H groups in total. The average Bonchev–Trinajstić information content (AvgIpc) is 2.65. The number of carbonyl (C=O) groups excluding carboxylic acids is 1. The third kappa shape index (κ3) is 4.65. The van der Waals surface area contributed by atoms with Crippen LogP contribution in [0.2, 0.25) is 0 Å². The summed E-state index contributed by atoms with van der Waals surface area (Å²) in [4.78, 5) is 11.4. The van der Waals surface area contributed by atoms with Gasteiger partial charge in [0.15, 0.2) is 22.2 Å². The number of carbonyl (C=O) groups is 1. The molecule has 0 aromatic heterocycles. The van der Waals surface area contributed by atoms with E-state index >= 15 is 0 Å². The van der Waals surface area contributed by atoms with Gasteiger partial charge in [0, 0.05) is 0 Å². The second-order valence-electron chi connectivity index (χ2n) is 5.47. The zero-order valence-corrected chi connectivity index (χ0v) is 14.8. The Morgan fingerprint density at radius 1 is 1.19 bits per heavy atom. The van der Waals surface area contributed by atoms with Crippen molar-refractivity contribution in [3.05, 3.63) is 59.2 Å². The van der Waals surface area contributed by atoms with Crippen molar-refractivity contribution in [2.75, 3.05) is 5.75 Å². The Bertz CT molecular complexity index is 977. The van der Waals surface area contributed by atoms with Gasteiger partial charge >= 0.3 is 6.18 Å². The van der Waals surface area contributed by atoms with Crippen LogP contribution >= 0.6 is 0 Å². The van der Waals surface area contributed by atoms with Crippen molar-refractivity contribution in [3.63, 3.8) is 0 Å². The van der Waals surface area contributed by atoms with Crippen LogP contribution in [0.3, 0.4) is 0 Å². The van der Waals surface area contributed by atoms with Crippen LogP contribution in [-0.4, -0.2) is 20.5 Å². The third-order valence-electron chi connectivity index (χ3n) is 3.74. The number of halogens is 3. The Hall–Kier alpha value is -2.86. The highest BCUT2D eigenvalue weighted by Crippen LogP contribution is 2.38. The van der Waals surface area contributed by atoms with Crippen molar-refractivity contribution in [1.29, 1.82) is 5.26 Å². The molecule has 2 rings (SSSR count). The van der Waals surface area contributed by atoms with E-state index in [1.807, 2.05) is 0 Å². The molecule has 0 aliphatic carbocycles. The van der Waals surface area contributed by atoms with Crippen molar-refractivity contribution in [1.82, 2.24) is 0 Å². The molecule has 0 heterocycles. The predicted octanol–water partition coefficient (Wildman–Crippen LogP) is 3.69. The largest absolute Gasteiger partial charge is 0.478 e. The fraction of sp³-hybridized carbons (Fsp3) is 0.222. The highest BCUT2D eigenvalue weighted by molar-refractivity contribution is 7.91. The fourth-order valence-corrected chi connectivity index (χ4v) is 3.15. The van der Waals surface area contributed by atoms with E-state index in [1.165, 1.54) is 31.2 Å². The lowest BCUT2D eigenvalue weighted by atomic mass is 10.1. The molecule has 1 unspecified atom stereocenters. The number of aldehydes is 1. The summed E-state index contributed by atoms with van der Waals surface area (Å²) in [7, 11) is -3.45. The number of alkyl halides is 3. The molecule has 0 aliphatic heterocycles. The van der Waals surface area contributed by atoms with Crippen LogP contribution in [0.4, 0.5) is 13.2 Å². The quantitative estimate of drug-likeness (QED) is 0.694. The first-order chi connectivity index (χ1) is 12.6. The van der Waals surface area contributed by atoms with Gasteiger partial charge in [0.05, 0.1) is 27.8 Å². The SMILES string of the molecule is CCS(=O)(=O)c1ccc(C(C=O)Oc2ccc(C#N)cc2C(F)(F)F)cc1. The second kappa shape index (κ2) is 7.80. The molecule has 27 heavy (non-hydrogen) atoms. The maximum Gasteiger partial charge on any atom is 0.420 e. The number of hydrogen-bond donors (Lipinski definition) is 0. The zero-order chi connectivity index (χ0) is 20.2. The molecule has 0 bridgehead atoms. The van der Waals surface area contributed by atoms with Crippen LogP contribution in [0, 0.1) is 11.3 Å². The number of rotatable bonds is 6. The minimum Gasteiger partial charge on any atom is -0.478 e. The monoisotopic (exact) mass is 397 g/mol. The summed E-state index contributed by atoms with van der Waals surface area (Å²) in [5.74, 6) is -0.719. The van der Waals surface area contributed by atoms with Crippen LogP contribution in [0.1, 0.15) is 29.7 Å². The molecule has 142 valence electrons. The van der Waals surface area contributed by atoms with Crippen molar-refractivity contribution in [2.24, 2.45) is 0 Å². The number of nitrogens with zero attached hydrogens (tertiary/aromatic N) is 1. The van der Waals surface area contributed by atoms with Gasteiger partial charge in [-0.25, -0.2) is 8.42 Å². The molecule has 9 heteroatoms. The van der Waals surface area contributed by atoms with Crippen LogP contribution < -0.4 is 4.74 Å². The number of benzene rings is 2. The number of nitriles is 1. The van der Waals surface area contributed by atoms with Crippen molar-refractivity contribution in [3.8, 4) is 11.8 Å². The molecule has 1 atom stereocenters. The number of sulfone groups is 1. The minimum atomic E-state index is -4.78. The molecule has 0 spiro atoms. The van der Waals surface area contributed by atoms with Gasteiger partial charge in [-0.05, 0) is 35.9 Å². The molecule has 5 nitrogen and oxygen atoms in total. The molecule has 0 radical (unpaired) electrons.